The summed E-state index contributed by atoms with van der Waals surface area (Å²) in [6.45, 7) is 2.78. The molecule has 1 heterocycles. The zero-order chi connectivity index (χ0) is 26.0. The topological polar surface area (TPSA) is 36.9 Å². The van der Waals surface area contributed by atoms with Gasteiger partial charge >= 0.3 is 0 Å². The van der Waals surface area contributed by atoms with E-state index in [1.165, 1.54) is 0 Å². The first-order valence-electron chi connectivity index (χ1n) is 12.9. The maximum atomic E-state index is 7.05. The molecule has 0 aromatic heterocycles. The van der Waals surface area contributed by atoms with Crippen LogP contribution in [-0.2, 0) is 24.5 Å². The van der Waals surface area contributed by atoms with Crippen molar-refractivity contribution in [1.82, 2.24) is 0 Å². The molecule has 0 aliphatic carbocycles. The highest BCUT2D eigenvalue weighted by Crippen LogP contribution is 2.41. The Labute approximate surface area is 225 Å². The summed E-state index contributed by atoms with van der Waals surface area (Å²) >= 11 is 0. The largest absolute Gasteiger partial charge is 0.360 e. The first kappa shape index (κ1) is 25.9. The minimum absolute atomic E-state index is 0.287. The maximum absolute atomic E-state index is 7.05. The van der Waals surface area contributed by atoms with Gasteiger partial charge in [0.1, 0.15) is 24.4 Å². The molecule has 1 aliphatic heterocycles. The van der Waals surface area contributed by atoms with Crippen molar-refractivity contribution in [2.24, 2.45) is 0 Å². The third kappa shape index (κ3) is 5.72. The summed E-state index contributed by atoms with van der Waals surface area (Å²) in [7, 11) is 0. The number of rotatable bonds is 9. The van der Waals surface area contributed by atoms with Gasteiger partial charge in [0.05, 0.1) is 13.2 Å². The van der Waals surface area contributed by atoms with Crippen LogP contribution >= 0.6 is 0 Å². The lowest BCUT2D eigenvalue weighted by Crippen LogP contribution is -2.47. The molecule has 1 aliphatic rings. The normalized spacial score (nSPS) is 19.3. The Bertz CT molecular complexity index is 1220. The SMILES string of the molecule is CC#CCO[C@@H]1CO[C@@H](c2ccccc2)O[C@H]1COC(c1ccccc1)(c1ccccc1)c1ccccc1. The zero-order valence-corrected chi connectivity index (χ0v) is 21.5. The van der Waals surface area contributed by atoms with Crippen LogP contribution in [0.1, 0.15) is 35.5 Å². The van der Waals surface area contributed by atoms with Gasteiger partial charge in [-0.2, -0.15) is 0 Å². The van der Waals surface area contributed by atoms with Crippen LogP contribution in [0.4, 0.5) is 0 Å². The smallest absolute Gasteiger partial charge is 0.184 e. The van der Waals surface area contributed by atoms with Crippen molar-refractivity contribution in [1.29, 1.82) is 0 Å². The van der Waals surface area contributed by atoms with Crippen LogP contribution in [0.5, 0.6) is 0 Å². The minimum atomic E-state index is -0.846. The Morgan fingerprint density at radius 3 is 1.74 bits per heavy atom. The van der Waals surface area contributed by atoms with E-state index in [1.807, 2.05) is 84.9 Å². The van der Waals surface area contributed by atoms with Gasteiger partial charge in [-0.15, -0.1) is 5.92 Å². The molecule has 1 saturated heterocycles. The average molecular weight is 505 g/mol. The molecule has 0 bridgehead atoms. The molecular formula is C34H32O4. The molecule has 0 spiro atoms. The van der Waals surface area contributed by atoms with E-state index < -0.39 is 11.9 Å². The summed E-state index contributed by atoms with van der Waals surface area (Å²) in [4.78, 5) is 0. The Balaban J connectivity index is 1.51. The molecular weight excluding hydrogens is 472 g/mol. The first-order chi connectivity index (χ1) is 18.8. The van der Waals surface area contributed by atoms with Crippen LogP contribution < -0.4 is 0 Å². The zero-order valence-electron chi connectivity index (χ0n) is 21.5. The van der Waals surface area contributed by atoms with E-state index in [-0.39, 0.29) is 18.8 Å². The summed E-state index contributed by atoms with van der Waals surface area (Å²) < 4.78 is 25.7. The van der Waals surface area contributed by atoms with E-state index in [0.29, 0.717) is 13.2 Å². The molecule has 0 saturated carbocycles. The van der Waals surface area contributed by atoms with Crippen molar-refractivity contribution in [3.63, 3.8) is 0 Å². The molecule has 4 aromatic rings. The number of benzene rings is 4. The molecule has 5 rings (SSSR count). The lowest BCUT2D eigenvalue weighted by Gasteiger charge is -2.40. The Morgan fingerprint density at radius 1 is 0.737 bits per heavy atom. The Hall–Kier alpha value is -3.72. The highest BCUT2D eigenvalue weighted by molar-refractivity contribution is 5.47. The van der Waals surface area contributed by atoms with Crippen molar-refractivity contribution in [3.05, 3.63) is 144 Å². The lowest BCUT2D eigenvalue weighted by atomic mass is 9.80. The Kier molecular flexibility index (Phi) is 8.65. The van der Waals surface area contributed by atoms with Crippen LogP contribution in [0, 0.1) is 11.8 Å². The fourth-order valence-corrected chi connectivity index (χ4v) is 4.86. The van der Waals surface area contributed by atoms with Gasteiger partial charge in [0, 0.05) is 5.56 Å². The van der Waals surface area contributed by atoms with Crippen LogP contribution in [0.3, 0.4) is 0 Å². The molecule has 38 heavy (non-hydrogen) atoms. The minimum Gasteiger partial charge on any atom is -0.360 e. The molecule has 4 aromatic carbocycles. The number of ether oxygens (including phenoxy) is 4. The van der Waals surface area contributed by atoms with Gasteiger partial charge in [-0.05, 0) is 23.6 Å². The molecule has 0 amide bonds. The molecule has 4 nitrogen and oxygen atoms in total. The molecule has 4 heteroatoms. The summed E-state index contributed by atoms with van der Waals surface area (Å²) in [5.74, 6) is 5.87. The third-order valence-electron chi connectivity index (χ3n) is 6.75. The second-order valence-corrected chi connectivity index (χ2v) is 9.12. The summed E-state index contributed by atoms with van der Waals surface area (Å²) in [5, 5.41) is 0. The van der Waals surface area contributed by atoms with E-state index in [0.717, 1.165) is 22.3 Å². The van der Waals surface area contributed by atoms with Crippen LogP contribution in [0.15, 0.2) is 121 Å². The van der Waals surface area contributed by atoms with Crippen molar-refractivity contribution < 1.29 is 18.9 Å². The van der Waals surface area contributed by atoms with Crippen LogP contribution in [-0.4, -0.2) is 32.0 Å². The molecule has 0 radical (unpaired) electrons. The predicted molar refractivity (Wildman–Crippen MR) is 148 cm³/mol. The van der Waals surface area contributed by atoms with Crippen molar-refractivity contribution >= 4 is 0 Å². The summed E-state index contributed by atoms with van der Waals surface area (Å²) in [6, 6.07) is 41.0. The lowest BCUT2D eigenvalue weighted by molar-refractivity contribution is -0.276. The highest BCUT2D eigenvalue weighted by atomic mass is 16.7. The monoisotopic (exact) mass is 504 g/mol. The maximum Gasteiger partial charge on any atom is 0.184 e. The van der Waals surface area contributed by atoms with Crippen molar-refractivity contribution in [2.45, 2.75) is 31.0 Å². The second-order valence-electron chi connectivity index (χ2n) is 9.12. The van der Waals surface area contributed by atoms with E-state index in [4.69, 9.17) is 18.9 Å². The van der Waals surface area contributed by atoms with Crippen molar-refractivity contribution in [2.75, 3.05) is 19.8 Å². The average Bonchev–Trinajstić information content (AvgIpc) is 3.00. The molecule has 1 fully saturated rings. The molecule has 192 valence electrons. The van der Waals surface area contributed by atoms with Gasteiger partial charge in [0.2, 0.25) is 0 Å². The van der Waals surface area contributed by atoms with Gasteiger partial charge in [0.15, 0.2) is 6.29 Å². The standard InChI is InChI=1S/C34H32O4/c1-2-3-24-35-31-25-36-33(27-16-8-4-9-17-27)38-32(31)26-37-34(28-18-10-5-11-19-28,29-20-12-6-13-21-29)30-22-14-7-15-23-30/h4-23,31-33H,24-26H2,1H3/t31-,32+,33-/m1/s1. The number of hydrogen-bond acceptors (Lipinski definition) is 4. The van der Waals surface area contributed by atoms with Crippen LogP contribution in [0.25, 0.3) is 0 Å². The number of hydrogen-bond donors (Lipinski definition) is 0. The quantitative estimate of drug-likeness (QED) is 0.192. The van der Waals surface area contributed by atoms with Gasteiger partial charge < -0.3 is 18.9 Å². The third-order valence-corrected chi connectivity index (χ3v) is 6.75. The highest BCUT2D eigenvalue weighted by Gasteiger charge is 2.41. The summed E-state index contributed by atoms with van der Waals surface area (Å²) in [6.07, 6.45) is -1.19. The fraction of sp³-hybridized carbons (Fsp3) is 0.235. The van der Waals surface area contributed by atoms with Gasteiger partial charge in [-0.25, -0.2) is 0 Å². The molecule has 3 atom stereocenters. The summed E-state index contributed by atoms with van der Waals surface area (Å²) in [5.41, 5.74) is 3.24. The van der Waals surface area contributed by atoms with Gasteiger partial charge in [-0.3, -0.25) is 0 Å². The van der Waals surface area contributed by atoms with E-state index in [1.54, 1.807) is 6.92 Å². The predicted octanol–water partition coefficient (Wildman–Crippen LogP) is 6.52. The van der Waals surface area contributed by atoms with E-state index >= 15 is 0 Å². The molecule has 0 unspecified atom stereocenters. The van der Waals surface area contributed by atoms with Crippen molar-refractivity contribution in [3.8, 4) is 11.8 Å². The van der Waals surface area contributed by atoms with E-state index in [9.17, 15) is 0 Å². The first-order valence-corrected chi connectivity index (χ1v) is 12.9. The van der Waals surface area contributed by atoms with E-state index in [2.05, 4.69) is 48.2 Å². The van der Waals surface area contributed by atoms with Gasteiger partial charge in [-0.1, -0.05) is 127 Å². The Morgan fingerprint density at radius 2 is 1.24 bits per heavy atom. The molecule has 0 N–H and O–H groups in total. The van der Waals surface area contributed by atoms with Gasteiger partial charge in [0.25, 0.3) is 0 Å². The second kappa shape index (κ2) is 12.7. The van der Waals surface area contributed by atoms with Crippen LogP contribution in [0.2, 0.25) is 0 Å². The fourth-order valence-electron chi connectivity index (χ4n) is 4.86.